The first-order chi connectivity index (χ1) is 29.4. The van der Waals surface area contributed by atoms with Gasteiger partial charge >= 0.3 is 36.6 Å². The number of halogens is 25. The smallest absolute Gasteiger partial charge is 0.492 e. The van der Waals surface area contributed by atoms with Crippen LogP contribution in [0.15, 0.2) is 0 Å². The van der Waals surface area contributed by atoms with Gasteiger partial charge < -0.3 is 4.43 Å². The molecule has 0 radical (unpaired) electrons. The third kappa shape index (κ3) is 7.73. The standard InChI is InChI=1S/C24BF20.C11H11F5NOSi.Ag/c26-5-1(6(27)14(35)21(42)13(5)34)25(2-7(28)15(36)22(43)16(37)8(2)29,3-9(30)17(38)23(44)18(39)10(3)31)4-11(32)19(40)24(45)20(41)12(4)33;1-17-4-19(2,3)18-11(17)5-6(12)8(14)10(16)9(15)7(5)13;/h;4H2,1-3H3;/q-1;2*+1. The van der Waals surface area contributed by atoms with Gasteiger partial charge in [-0.05, 0) is 13.1 Å². The average Bonchev–Trinajstić information content (AvgIpc) is 3.52. The molecule has 0 fully saturated rings. The normalized spacial score (nSPS) is 13.5. The Morgan fingerprint density at radius 3 is 0.662 bits per heavy atom. The molecule has 5 aromatic rings. The summed E-state index contributed by atoms with van der Waals surface area (Å²) in [6, 6.07) is 0. The number of benzene rings is 5. The average molecular weight is 1080 g/mol. The third-order valence-corrected chi connectivity index (χ3v) is 11.5. The van der Waals surface area contributed by atoms with E-state index in [4.69, 9.17) is 4.43 Å². The van der Waals surface area contributed by atoms with Gasteiger partial charge in [-0.2, -0.15) is 0 Å². The molecule has 0 aromatic heterocycles. The van der Waals surface area contributed by atoms with E-state index in [9.17, 15) is 74.6 Å². The molecule has 0 amide bonds. The van der Waals surface area contributed by atoms with Crippen molar-refractivity contribution in [3.63, 3.8) is 0 Å². The van der Waals surface area contributed by atoms with Gasteiger partial charge in [0.15, 0.2) is 105 Å². The van der Waals surface area contributed by atoms with Crippen LogP contribution in [0.5, 0.6) is 0 Å². The number of nitrogens with zero attached hydrogens (tertiary/aromatic N) is 1. The molecule has 65 heavy (non-hydrogen) atoms. The predicted molar refractivity (Wildman–Crippen MR) is 169 cm³/mol. The van der Waals surface area contributed by atoms with Crippen LogP contribution in [0.3, 0.4) is 0 Å². The van der Waals surface area contributed by atoms with Crippen molar-refractivity contribution < 1.29 is 141 Å². The Kier molecular flexibility index (Phi) is 14.5. The van der Waals surface area contributed by atoms with Crippen molar-refractivity contribution in [2.75, 3.05) is 13.2 Å². The zero-order valence-electron chi connectivity index (χ0n) is 30.9. The molecule has 0 spiro atoms. The van der Waals surface area contributed by atoms with E-state index in [1.165, 1.54) is 11.6 Å². The van der Waals surface area contributed by atoms with E-state index in [0.29, 0.717) is 6.17 Å². The van der Waals surface area contributed by atoms with Gasteiger partial charge in [0.1, 0.15) is 59.7 Å². The van der Waals surface area contributed by atoms with E-state index in [2.05, 4.69) is 0 Å². The van der Waals surface area contributed by atoms with Crippen molar-refractivity contribution in [2.45, 2.75) is 13.1 Å². The summed E-state index contributed by atoms with van der Waals surface area (Å²) in [4.78, 5) is 0. The van der Waals surface area contributed by atoms with E-state index >= 15 is 35.1 Å². The molecule has 5 aromatic carbocycles. The van der Waals surface area contributed by atoms with Gasteiger partial charge in [-0.3, -0.25) is 0 Å². The molecule has 0 unspecified atom stereocenters. The molecular formula is C35H11AgBF25NOSi+. The van der Waals surface area contributed by atoms with Crippen LogP contribution in [0.25, 0.3) is 0 Å². The topological polar surface area (TPSA) is 12.2 Å². The molecule has 1 aliphatic heterocycles. The summed E-state index contributed by atoms with van der Waals surface area (Å²) < 4.78 is 367. The molecule has 0 aliphatic carbocycles. The van der Waals surface area contributed by atoms with Gasteiger partial charge in [-0.25, -0.2) is 114 Å². The Morgan fingerprint density at radius 1 is 0.323 bits per heavy atom. The molecule has 0 bridgehead atoms. The summed E-state index contributed by atoms with van der Waals surface area (Å²) in [6.07, 6.45) is -6.81. The maximum atomic E-state index is 15.4. The van der Waals surface area contributed by atoms with Crippen LogP contribution in [-0.4, -0.2) is 38.2 Å². The van der Waals surface area contributed by atoms with Crippen molar-refractivity contribution in [1.29, 1.82) is 0 Å². The fourth-order valence-electron chi connectivity index (χ4n) is 6.92. The number of rotatable bonds is 5. The van der Waals surface area contributed by atoms with Crippen molar-refractivity contribution >= 4 is 42.2 Å². The second kappa shape index (κ2) is 17.9. The molecule has 2 nitrogen and oxygen atoms in total. The monoisotopic (exact) mass is 1080 g/mol. The van der Waals surface area contributed by atoms with Crippen LogP contribution in [0.2, 0.25) is 13.1 Å². The largest absolute Gasteiger partial charge is 1.00 e. The third-order valence-electron chi connectivity index (χ3n) is 9.47. The second-order valence-corrected chi connectivity index (χ2v) is 17.8. The van der Waals surface area contributed by atoms with E-state index in [-0.39, 0.29) is 28.3 Å². The Morgan fingerprint density at radius 2 is 0.492 bits per heavy atom. The van der Waals surface area contributed by atoms with Crippen LogP contribution in [0, 0.1) is 145 Å². The fourth-order valence-corrected chi connectivity index (χ4v) is 9.06. The minimum absolute atomic E-state index is 0. The Hall–Kier alpha value is -5.16. The van der Waals surface area contributed by atoms with Crippen molar-refractivity contribution in [3.05, 3.63) is 151 Å². The molecule has 0 saturated heterocycles. The Balaban J connectivity index is 0.000000386. The summed E-state index contributed by atoms with van der Waals surface area (Å²) in [5, 5.41) is 0. The van der Waals surface area contributed by atoms with Crippen molar-refractivity contribution in [1.82, 2.24) is 0 Å². The van der Waals surface area contributed by atoms with Crippen LogP contribution >= 0.6 is 0 Å². The first kappa shape index (κ1) is 52.5. The molecule has 354 valence electrons. The summed E-state index contributed by atoms with van der Waals surface area (Å²) in [5.41, 5.74) is -15.3. The minimum Gasteiger partial charge on any atom is -0.492 e. The summed E-state index contributed by atoms with van der Waals surface area (Å²) in [6.45, 7) is 3.56. The van der Waals surface area contributed by atoms with Crippen molar-refractivity contribution in [2.24, 2.45) is 0 Å². The van der Waals surface area contributed by atoms with Gasteiger partial charge in [0.2, 0.25) is 5.82 Å². The van der Waals surface area contributed by atoms with E-state index < -0.39 is 187 Å². The maximum Gasteiger partial charge on any atom is 1.00 e. The number of hydrogen-bond acceptors (Lipinski definition) is 1. The molecule has 6 rings (SSSR count). The first-order valence-electron chi connectivity index (χ1n) is 16.4. The van der Waals surface area contributed by atoms with Gasteiger partial charge in [0.25, 0.3) is 0 Å². The molecule has 30 heteroatoms. The van der Waals surface area contributed by atoms with E-state index in [1.54, 1.807) is 13.1 Å². The number of hydrogen-bond donors (Lipinski definition) is 0. The molecular weight excluding hydrogens is 1070 g/mol. The summed E-state index contributed by atoms with van der Waals surface area (Å²) >= 11 is 0. The van der Waals surface area contributed by atoms with Crippen LogP contribution in [0.1, 0.15) is 5.56 Å². The van der Waals surface area contributed by atoms with Gasteiger partial charge in [0, 0.05) is 0 Å². The molecule has 0 N–H and O–H groups in total. The quantitative estimate of drug-likeness (QED) is 0.0567. The summed E-state index contributed by atoms with van der Waals surface area (Å²) in [7, 11) is -0.745. The maximum absolute atomic E-state index is 15.4. The van der Waals surface area contributed by atoms with Crippen molar-refractivity contribution in [3.8, 4) is 0 Å². The summed E-state index contributed by atoms with van der Waals surface area (Å²) in [5.74, 6) is -81.6. The van der Waals surface area contributed by atoms with Crippen LogP contribution in [-0.2, 0) is 26.8 Å². The predicted octanol–water partition coefficient (Wildman–Crippen LogP) is 8.39. The minimum atomic E-state index is -7.22. The first-order valence-corrected chi connectivity index (χ1v) is 19.5. The van der Waals surface area contributed by atoms with Gasteiger partial charge in [-0.1, -0.05) is 0 Å². The fraction of sp³-hybridized carbons (Fsp3) is 0.114. The van der Waals surface area contributed by atoms with Crippen LogP contribution < -0.4 is 21.9 Å². The zero-order valence-corrected chi connectivity index (χ0v) is 33.4. The van der Waals surface area contributed by atoms with E-state index in [0.717, 1.165) is 0 Å². The second-order valence-electron chi connectivity index (χ2n) is 13.8. The Labute approximate surface area is 360 Å². The van der Waals surface area contributed by atoms with Gasteiger partial charge in [-0.15, -0.1) is 21.9 Å². The SMILES string of the molecule is C[N+]1=C(c2c(F)c(F)c(F)c(F)c2F)O[Si](C)(C)C1.Fc1c(F)c(F)c([B-](c2c(F)c(F)c(F)c(F)c2F)(c2c(F)c(F)c(F)c(F)c2F)c2c(F)c(F)c(F)c(F)c2F)c(F)c1F.[Ag+]. The van der Waals surface area contributed by atoms with E-state index in [1.807, 2.05) is 0 Å². The molecule has 1 aliphatic rings. The molecule has 1 heterocycles. The van der Waals surface area contributed by atoms with Crippen LogP contribution in [0.4, 0.5) is 110 Å². The van der Waals surface area contributed by atoms with Gasteiger partial charge in [0.05, 0.1) is 0 Å². The molecule has 0 atom stereocenters. The zero-order chi connectivity index (χ0) is 48.9. The molecule has 0 saturated carbocycles. The Bertz CT molecular complexity index is 2480.